The van der Waals surface area contributed by atoms with E-state index in [0.29, 0.717) is 6.54 Å². The molecule has 2 aromatic carbocycles. The molecule has 0 spiro atoms. The van der Waals surface area contributed by atoms with Crippen molar-refractivity contribution in [1.29, 1.82) is 0 Å². The first-order valence-corrected chi connectivity index (χ1v) is 6.11. The Balaban J connectivity index is 0.00000200. The Labute approximate surface area is 124 Å². The molecule has 0 saturated heterocycles. The monoisotopic (exact) mass is 291 g/mol. The number of amides is 2. The van der Waals surface area contributed by atoms with Gasteiger partial charge < -0.3 is 16.4 Å². The number of benzene rings is 2. The lowest BCUT2D eigenvalue weighted by atomic mass is 10.2. The van der Waals surface area contributed by atoms with E-state index in [0.717, 1.165) is 22.5 Å². The normalized spacial score (nSPS) is 9.50. The lowest BCUT2D eigenvalue weighted by Crippen LogP contribution is -2.19. The summed E-state index contributed by atoms with van der Waals surface area (Å²) in [4.78, 5) is 11.8. The van der Waals surface area contributed by atoms with Crippen molar-refractivity contribution in [3.63, 3.8) is 0 Å². The van der Waals surface area contributed by atoms with E-state index < -0.39 is 0 Å². The first kappa shape index (κ1) is 16.0. The highest BCUT2D eigenvalue weighted by Crippen LogP contribution is 2.11. The molecule has 0 saturated carbocycles. The van der Waals surface area contributed by atoms with Crippen LogP contribution in [0.15, 0.2) is 48.5 Å². The molecule has 0 unspecified atom stereocenters. The Hall–Kier alpha value is -2.04. The molecule has 0 radical (unpaired) electrons. The second-order valence-corrected chi connectivity index (χ2v) is 4.35. The van der Waals surface area contributed by atoms with Crippen molar-refractivity contribution < 1.29 is 4.79 Å². The Morgan fingerprint density at radius 2 is 1.40 bits per heavy atom. The van der Waals surface area contributed by atoms with Crippen molar-refractivity contribution in [2.24, 2.45) is 5.73 Å². The lowest BCUT2D eigenvalue weighted by Gasteiger charge is -2.08. The van der Waals surface area contributed by atoms with Crippen LogP contribution in [0.25, 0.3) is 0 Å². The Morgan fingerprint density at radius 1 is 0.950 bits per heavy atom. The number of nitrogens with one attached hydrogen (secondary N) is 2. The van der Waals surface area contributed by atoms with Crippen LogP contribution in [0, 0.1) is 6.92 Å². The second-order valence-electron chi connectivity index (χ2n) is 4.35. The predicted molar refractivity (Wildman–Crippen MR) is 85.4 cm³/mol. The van der Waals surface area contributed by atoms with Gasteiger partial charge in [-0.1, -0.05) is 29.8 Å². The molecule has 106 valence electrons. The van der Waals surface area contributed by atoms with E-state index in [1.54, 1.807) is 0 Å². The van der Waals surface area contributed by atoms with Crippen molar-refractivity contribution in [3.8, 4) is 0 Å². The smallest absolute Gasteiger partial charge is 0.323 e. The zero-order valence-corrected chi connectivity index (χ0v) is 12.0. The van der Waals surface area contributed by atoms with Crippen LogP contribution in [-0.4, -0.2) is 6.03 Å². The van der Waals surface area contributed by atoms with Crippen molar-refractivity contribution in [2.75, 3.05) is 10.6 Å². The molecule has 4 N–H and O–H groups in total. The van der Waals surface area contributed by atoms with E-state index >= 15 is 0 Å². The van der Waals surface area contributed by atoms with Crippen LogP contribution in [0.5, 0.6) is 0 Å². The number of hydrogen-bond acceptors (Lipinski definition) is 2. The van der Waals surface area contributed by atoms with Crippen LogP contribution >= 0.6 is 12.4 Å². The third-order valence-corrected chi connectivity index (χ3v) is 2.76. The number of urea groups is 1. The Bertz CT molecular complexity index is 552. The fourth-order valence-corrected chi connectivity index (χ4v) is 1.65. The lowest BCUT2D eigenvalue weighted by molar-refractivity contribution is 0.262. The molecule has 2 amide bonds. The summed E-state index contributed by atoms with van der Waals surface area (Å²) >= 11 is 0. The van der Waals surface area contributed by atoms with E-state index in [9.17, 15) is 4.79 Å². The number of aryl methyl sites for hydroxylation is 1. The van der Waals surface area contributed by atoms with Crippen molar-refractivity contribution >= 4 is 29.8 Å². The number of rotatable bonds is 3. The molecule has 0 heterocycles. The van der Waals surface area contributed by atoms with Gasteiger partial charge in [0.25, 0.3) is 0 Å². The fraction of sp³-hybridized carbons (Fsp3) is 0.133. The summed E-state index contributed by atoms with van der Waals surface area (Å²) in [7, 11) is 0. The summed E-state index contributed by atoms with van der Waals surface area (Å²) in [6.45, 7) is 2.50. The third kappa shape index (κ3) is 4.57. The van der Waals surface area contributed by atoms with Gasteiger partial charge in [0.1, 0.15) is 0 Å². The molecule has 2 rings (SSSR count). The van der Waals surface area contributed by atoms with E-state index in [1.165, 1.54) is 0 Å². The maximum absolute atomic E-state index is 11.8. The number of carbonyl (C=O) groups excluding carboxylic acids is 1. The second kappa shape index (κ2) is 7.53. The number of nitrogens with two attached hydrogens (primary N) is 1. The number of anilines is 2. The van der Waals surface area contributed by atoms with Gasteiger partial charge in [-0.05, 0) is 36.8 Å². The number of halogens is 1. The van der Waals surface area contributed by atoms with E-state index in [1.807, 2.05) is 55.5 Å². The largest absolute Gasteiger partial charge is 0.326 e. The van der Waals surface area contributed by atoms with Crippen LogP contribution in [-0.2, 0) is 6.54 Å². The molecule has 4 nitrogen and oxygen atoms in total. The van der Waals surface area contributed by atoms with Gasteiger partial charge in [-0.25, -0.2) is 4.79 Å². The fourth-order valence-electron chi connectivity index (χ4n) is 1.65. The molecule has 0 fully saturated rings. The summed E-state index contributed by atoms with van der Waals surface area (Å²) in [5.74, 6) is 0. The van der Waals surface area contributed by atoms with Gasteiger partial charge in [0, 0.05) is 17.9 Å². The van der Waals surface area contributed by atoms with E-state index in [2.05, 4.69) is 10.6 Å². The predicted octanol–water partition coefficient (Wildman–Crippen LogP) is 3.52. The molecule has 5 heteroatoms. The molecule has 0 aliphatic rings. The van der Waals surface area contributed by atoms with E-state index in [-0.39, 0.29) is 18.4 Å². The summed E-state index contributed by atoms with van der Waals surface area (Å²) < 4.78 is 0. The molecular weight excluding hydrogens is 274 g/mol. The Morgan fingerprint density at radius 3 is 1.85 bits per heavy atom. The highest BCUT2D eigenvalue weighted by Gasteiger charge is 2.02. The van der Waals surface area contributed by atoms with Gasteiger partial charge >= 0.3 is 6.03 Å². The van der Waals surface area contributed by atoms with Crippen LogP contribution < -0.4 is 16.4 Å². The highest BCUT2D eigenvalue weighted by atomic mass is 35.5. The zero-order valence-electron chi connectivity index (χ0n) is 11.2. The summed E-state index contributed by atoms with van der Waals surface area (Å²) in [5.41, 5.74) is 9.21. The highest BCUT2D eigenvalue weighted by molar-refractivity contribution is 5.99. The molecule has 0 aromatic heterocycles. The first-order chi connectivity index (χ1) is 9.17. The molecule has 0 aliphatic heterocycles. The minimum absolute atomic E-state index is 0. The van der Waals surface area contributed by atoms with Gasteiger partial charge in [-0.2, -0.15) is 0 Å². The molecule has 0 atom stereocenters. The van der Waals surface area contributed by atoms with Gasteiger partial charge in [0.2, 0.25) is 0 Å². The summed E-state index contributed by atoms with van der Waals surface area (Å²) in [5, 5.41) is 5.54. The third-order valence-electron chi connectivity index (χ3n) is 2.76. The summed E-state index contributed by atoms with van der Waals surface area (Å²) in [6, 6.07) is 14.8. The number of carbonyl (C=O) groups is 1. The zero-order chi connectivity index (χ0) is 13.7. The molecular formula is C15H18ClN3O. The standard InChI is InChI=1S/C15H17N3O.ClH/c1-11-2-6-13(7-3-11)17-15(19)18-14-8-4-12(10-16)5-9-14;/h2-9H,10,16H2,1H3,(H2,17,18,19);1H. The average molecular weight is 292 g/mol. The SMILES string of the molecule is Cc1ccc(NC(=O)Nc2ccc(CN)cc2)cc1.Cl. The van der Waals surface area contributed by atoms with Crippen LogP contribution in [0.4, 0.5) is 16.2 Å². The van der Waals surface area contributed by atoms with E-state index in [4.69, 9.17) is 5.73 Å². The average Bonchev–Trinajstić information content (AvgIpc) is 2.42. The minimum atomic E-state index is -0.260. The van der Waals surface area contributed by atoms with Gasteiger partial charge in [-0.15, -0.1) is 12.4 Å². The number of hydrogen-bond donors (Lipinski definition) is 3. The summed E-state index contributed by atoms with van der Waals surface area (Å²) in [6.07, 6.45) is 0. The maximum atomic E-state index is 11.8. The van der Waals surface area contributed by atoms with Crippen molar-refractivity contribution in [2.45, 2.75) is 13.5 Å². The maximum Gasteiger partial charge on any atom is 0.323 e. The van der Waals surface area contributed by atoms with Crippen molar-refractivity contribution in [3.05, 3.63) is 59.7 Å². The van der Waals surface area contributed by atoms with Crippen LogP contribution in [0.1, 0.15) is 11.1 Å². The van der Waals surface area contributed by atoms with Gasteiger partial charge in [0.05, 0.1) is 0 Å². The van der Waals surface area contributed by atoms with Crippen LogP contribution in [0.2, 0.25) is 0 Å². The van der Waals surface area contributed by atoms with Crippen molar-refractivity contribution in [1.82, 2.24) is 0 Å². The molecule has 2 aromatic rings. The molecule has 20 heavy (non-hydrogen) atoms. The molecule has 0 bridgehead atoms. The quantitative estimate of drug-likeness (QED) is 0.810. The topological polar surface area (TPSA) is 67.2 Å². The Kier molecular flexibility index (Phi) is 6.03. The first-order valence-electron chi connectivity index (χ1n) is 6.11. The van der Waals surface area contributed by atoms with Gasteiger partial charge in [0.15, 0.2) is 0 Å². The van der Waals surface area contributed by atoms with Crippen LogP contribution in [0.3, 0.4) is 0 Å². The molecule has 0 aliphatic carbocycles. The van der Waals surface area contributed by atoms with Gasteiger partial charge in [-0.3, -0.25) is 0 Å². The minimum Gasteiger partial charge on any atom is -0.326 e.